The van der Waals surface area contributed by atoms with Crippen LogP contribution in [-0.4, -0.2) is 23.9 Å². The Morgan fingerprint density at radius 3 is 2.69 bits per heavy atom. The lowest BCUT2D eigenvalue weighted by atomic mass is 10.1. The lowest BCUT2D eigenvalue weighted by Crippen LogP contribution is -2.34. The van der Waals surface area contributed by atoms with Crippen LogP contribution in [0.25, 0.3) is 0 Å². The molecular weight excluding hydrogens is 200 g/mol. The van der Waals surface area contributed by atoms with Crippen molar-refractivity contribution < 1.29 is 0 Å². The van der Waals surface area contributed by atoms with Gasteiger partial charge in [0.2, 0.25) is 0 Å². The Bertz CT molecular complexity index is 345. The lowest BCUT2D eigenvalue weighted by molar-refractivity contribution is 0.690. The van der Waals surface area contributed by atoms with E-state index < -0.39 is 0 Å². The number of nitrogens with one attached hydrogen (secondary N) is 1. The van der Waals surface area contributed by atoms with Crippen molar-refractivity contribution in [3.63, 3.8) is 0 Å². The van der Waals surface area contributed by atoms with Gasteiger partial charge in [-0.3, -0.25) is 5.41 Å². The van der Waals surface area contributed by atoms with Crippen LogP contribution in [0, 0.1) is 18.3 Å². The third-order valence-corrected chi connectivity index (χ3v) is 2.63. The van der Waals surface area contributed by atoms with E-state index in [0.717, 1.165) is 24.5 Å². The highest BCUT2D eigenvalue weighted by molar-refractivity contribution is 5.79. The summed E-state index contributed by atoms with van der Waals surface area (Å²) in [7, 11) is 0. The van der Waals surface area contributed by atoms with Crippen LogP contribution in [0.15, 0.2) is 18.3 Å². The first-order chi connectivity index (χ1) is 7.54. The average molecular weight is 220 g/mol. The molecule has 0 saturated heterocycles. The summed E-state index contributed by atoms with van der Waals surface area (Å²) in [5.41, 5.74) is 6.63. The number of nitrogens with two attached hydrogens (primary N) is 1. The number of anilines is 1. The molecule has 1 aromatic rings. The molecule has 1 atom stereocenters. The van der Waals surface area contributed by atoms with Gasteiger partial charge in [-0.25, -0.2) is 4.98 Å². The molecular formula is C12H20N4. The number of hydrogen-bond acceptors (Lipinski definition) is 3. The smallest absolute Gasteiger partial charge is 0.128 e. The summed E-state index contributed by atoms with van der Waals surface area (Å²) in [6.45, 7) is 7.66. The van der Waals surface area contributed by atoms with E-state index in [9.17, 15) is 0 Å². The molecule has 0 spiro atoms. The molecule has 1 heterocycles. The van der Waals surface area contributed by atoms with E-state index in [1.807, 2.05) is 32.2 Å². The molecule has 1 rings (SSSR count). The van der Waals surface area contributed by atoms with E-state index >= 15 is 0 Å². The zero-order valence-electron chi connectivity index (χ0n) is 10.2. The topological polar surface area (TPSA) is 66.0 Å². The van der Waals surface area contributed by atoms with E-state index in [-0.39, 0.29) is 11.8 Å². The van der Waals surface area contributed by atoms with Gasteiger partial charge >= 0.3 is 0 Å². The van der Waals surface area contributed by atoms with Crippen LogP contribution in [0.5, 0.6) is 0 Å². The van der Waals surface area contributed by atoms with Crippen molar-refractivity contribution in [1.29, 1.82) is 5.41 Å². The van der Waals surface area contributed by atoms with Crippen molar-refractivity contribution in [2.45, 2.75) is 20.8 Å². The van der Waals surface area contributed by atoms with Gasteiger partial charge in [-0.1, -0.05) is 13.0 Å². The molecule has 0 aliphatic rings. The quantitative estimate of drug-likeness (QED) is 0.587. The maximum Gasteiger partial charge on any atom is 0.128 e. The Labute approximate surface area is 97.0 Å². The second-order valence-electron chi connectivity index (χ2n) is 4.09. The largest absolute Gasteiger partial charge is 0.387 e. The summed E-state index contributed by atoms with van der Waals surface area (Å²) in [4.78, 5) is 6.51. The lowest BCUT2D eigenvalue weighted by Gasteiger charge is -2.25. The molecule has 1 unspecified atom stereocenters. The van der Waals surface area contributed by atoms with Crippen molar-refractivity contribution in [3.05, 3.63) is 23.9 Å². The van der Waals surface area contributed by atoms with Gasteiger partial charge < -0.3 is 10.6 Å². The highest BCUT2D eigenvalue weighted by Gasteiger charge is 2.12. The minimum atomic E-state index is 0.0584. The first kappa shape index (κ1) is 12.5. The number of amidine groups is 1. The summed E-state index contributed by atoms with van der Waals surface area (Å²) in [6.07, 6.45) is 1.86. The standard InChI is InChI=1S/C12H20N4/c1-4-16(8-10(3)12(13)14)11-6-5-9(2)7-15-11/h5-7,10H,4,8H2,1-3H3,(H3,13,14). The van der Waals surface area contributed by atoms with Crippen LogP contribution in [0.2, 0.25) is 0 Å². The minimum absolute atomic E-state index is 0.0584. The molecule has 0 radical (unpaired) electrons. The number of aromatic nitrogens is 1. The van der Waals surface area contributed by atoms with Crippen molar-refractivity contribution in [2.24, 2.45) is 11.7 Å². The maximum atomic E-state index is 7.40. The molecule has 0 aliphatic heterocycles. The predicted octanol–water partition coefficient (Wildman–Crippen LogP) is 1.79. The van der Waals surface area contributed by atoms with E-state index in [0.29, 0.717) is 0 Å². The number of pyridine rings is 1. The zero-order valence-corrected chi connectivity index (χ0v) is 10.2. The second kappa shape index (κ2) is 5.49. The first-order valence-electron chi connectivity index (χ1n) is 5.56. The fourth-order valence-electron chi connectivity index (χ4n) is 1.46. The third-order valence-electron chi connectivity index (χ3n) is 2.63. The van der Waals surface area contributed by atoms with Gasteiger partial charge in [-0.2, -0.15) is 0 Å². The first-order valence-corrected chi connectivity index (χ1v) is 5.56. The van der Waals surface area contributed by atoms with Gasteiger partial charge in [0.1, 0.15) is 5.82 Å². The summed E-state index contributed by atoms with van der Waals surface area (Å²) in [6, 6.07) is 4.05. The Balaban J connectivity index is 2.74. The molecule has 3 N–H and O–H groups in total. The van der Waals surface area contributed by atoms with Crippen LogP contribution < -0.4 is 10.6 Å². The van der Waals surface area contributed by atoms with Gasteiger partial charge in [-0.05, 0) is 25.5 Å². The van der Waals surface area contributed by atoms with Crippen molar-refractivity contribution in [2.75, 3.05) is 18.0 Å². The molecule has 4 nitrogen and oxygen atoms in total. The fraction of sp³-hybridized carbons (Fsp3) is 0.500. The third kappa shape index (κ3) is 3.22. The highest BCUT2D eigenvalue weighted by atomic mass is 15.2. The van der Waals surface area contributed by atoms with Crippen molar-refractivity contribution in [3.8, 4) is 0 Å². The maximum absolute atomic E-state index is 7.40. The highest BCUT2D eigenvalue weighted by Crippen LogP contribution is 2.12. The minimum Gasteiger partial charge on any atom is -0.387 e. The van der Waals surface area contributed by atoms with Crippen LogP contribution in [0.1, 0.15) is 19.4 Å². The summed E-state index contributed by atoms with van der Waals surface area (Å²) in [5, 5.41) is 7.40. The molecule has 0 amide bonds. The molecule has 0 fully saturated rings. The summed E-state index contributed by atoms with van der Waals surface area (Å²) in [5.74, 6) is 1.23. The van der Waals surface area contributed by atoms with E-state index in [1.54, 1.807) is 0 Å². The van der Waals surface area contributed by atoms with Crippen LogP contribution in [-0.2, 0) is 0 Å². The summed E-state index contributed by atoms with van der Waals surface area (Å²) >= 11 is 0. The van der Waals surface area contributed by atoms with Gasteiger partial charge in [-0.15, -0.1) is 0 Å². The SMILES string of the molecule is CCN(CC(C)C(=N)N)c1ccc(C)cn1. The molecule has 1 aromatic heterocycles. The molecule has 16 heavy (non-hydrogen) atoms. The average Bonchev–Trinajstić information content (AvgIpc) is 2.26. The van der Waals surface area contributed by atoms with Crippen molar-refractivity contribution >= 4 is 11.7 Å². The van der Waals surface area contributed by atoms with Gasteiger partial charge in [0.25, 0.3) is 0 Å². The molecule has 0 bridgehead atoms. The Morgan fingerprint density at radius 2 is 2.25 bits per heavy atom. The summed E-state index contributed by atoms with van der Waals surface area (Å²) < 4.78 is 0. The fourth-order valence-corrected chi connectivity index (χ4v) is 1.46. The molecule has 0 saturated carbocycles. The monoisotopic (exact) mass is 220 g/mol. The van der Waals surface area contributed by atoms with Gasteiger partial charge in [0.15, 0.2) is 0 Å². The van der Waals surface area contributed by atoms with Crippen LogP contribution in [0.3, 0.4) is 0 Å². The number of nitrogens with zero attached hydrogens (tertiary/aromatic N) is 2. The van der Waals surface area contributed by atoms with E-state index in [4.69, 9.17) is 11.1 Å². The molecule has 88 valence electrons. The molecule has 0 aliphatic carbocycles. The number of rotatable bonds is 5. The number of hydrogen-bond donors (Lipinski definition) is 2. The van der Waals surface area contributed by atoms with Crippen molar-refractivity contribution in [1.82, 2.24) is 4.98 Å². The Kier molecular flexibility index (Phi) is 4.28. The number of aryl methyl sites for hydroxylation is 1. The second-order valence-corrected chi connectivity index (χ2v) is 4.09. The van der Waals surface area contributed by atoms with Gasteiger partial charge in [0, 0.05) is 25.2 Å². The van der Waals surface area contributed by atoms with Crippen LogP contribution in [0.4, 0.5) is 5.82 Å². The Morgan fingerprint density at radius 1 is 1.56 bits per heavy atom. The zero-order chi connectivity index (χ0) is 12.1. The van der Waals surface area contributed by atoms with Crippen LogP contribution >= 0.6 is 0 Å². The Hall–Kier alpha value is -1.58. The molecule has 0 aromatic carbocycles. The normalized spacial score (nSPS) is 12.2. The van der Waals surface area contributed by atoms with Gasteiger partial charge in [0.05, 0.1) is 5.84 Å². The van der Waals surface area contributed by atoms with E-state index in [2.05, 4.69) is 16.8 Å². The molecule has 4 heteroatoms. The predicted molar refractivity (Wildman–Crippen MR) is 67.9 cm³/mol. The van der Waals surface area contributed by atoms with E-state index in [1.165, 1.54) is 0 Å².